The minimum absolute atomic E-state index is 0.0125. The second kappa shape index (κ2) is 8.19. The van der Waals surface area contributed by atoms with Crippen molar-refractivity contribution in [3.63, 3.8) is 0 Å². The van der Waals surface area contributed by atoms with E-state index in [1.54, 1.807) is 16.5 Å². The van der Waals surface area contributed by atoms with Crippen molar-refractivity contribution in [3.05, 3.63) is 45.4 Å². The van der Waals surface area contributed by atoms with Crippen LogP contribution in [0.15, 0.2) is 28.2 Å². The molecule has 6 nitrogen and oxygen atoms in total. The van der Waals surface area contributed by atoms with Gasteiger partial charge in [0.25, 0.3) is 0 Å². The van der Waals surface area contributed by atoms with Gasteiger partial charge in [-0.05, 0) is 31.4 Å². The van der Waals surface area contributed by atoms with E-state index >= 15 is 0 Å². The lowest BCUT2D eigenvalue weighted by molar-refractivity contribution is -0.127. The molecule has 1 N–H and O–H groups in total. The van der Waals surface area contributed by atoms with E-state index in [4.69, 9.17) is 0 Å². The molecule has 0 saturated carbocycles. The number of nitrogens with one attached hydrogen (secondary N) is 1. The van der Waals surface area contributed by atoms with Crippen LogP contribution in [-0.4, -0.2) is 38.4 Å². The fraction of sp³-hybridized carbons (Fsp3) is 0.471. The van der Waals surface area contributed by atoms with Crippen LogP contribution >= 0.6 is 11.8 Å². The maximum atomic E-state index is 12.4. The van der Waals surface area contributed by atoms with Gasteiger partial charge in [0.15, 0.2) is 5.16 Å². The molecule has 2 aromatic rings. The molecule has 1 amide bonds. The molecule has 0 spiro atoms. The average molecular weight is 348 g/mol. The molecule has 7 heteroatoms. The van der Waals surface area contributed by atoms with Crippen molar-refractivity contribution < 1.29 is 4.79 Å². The molecule has 24 heavy (non-hydrogen) atoms. The van der Waals surface area contributed by atoms with Crippen LogP contribution in [0.25, 0.3) is 0 Å². The summed E-state index contributed by atoms with van der Waals surface area (Å²) in [6.07, 6.45) is 0.841. The minimum Gasteiger partial charge on any atom is -0.341 e. The number of carbonyl (C=O) groups excluding carboxylic acids is 1. The summed E-state index contributed by atoms with van der Waals surface area (Å²) in [5.74, 6) is 0.272. The third-order valence-electron chi connectivity index (χ3n) is 3.83. The first-order valence-corrected chi connectivity index (χ1v) is 8.99. The highest BCUT2D eigenvalue weighted by Crippen LogP contribution is 2.16. The predicted molar refractivity (Wildman–Crippen MR) is 96.3 cm³/mol. The molecule has 0 bridgehead atoms. The molecule has 1 aromatic carbocycles. The van der Waals surface area contributed by atoms with Gasteiger partial charge in [-0.3, -0.25) is 9.36 Å². The number of H-pyrrole nitrogens is 1. The maximum absolute atomic E-state index is 12.4. The molecule has 0 aliphatic rings. The summed E-state index contributed by atoms with van der Waals surface area (Å²) in [6.45, 7) is 7.29. The number of aromatic amines is 1. The Balaban J connectivity index is 1.96. The number of nitrogens with zero attached hydrogens (tertiary/aromatic N) is 3. The van der Waals surface area contributed by atoms with Crippen LogP contribution in [0.5, 0.6) is 0 Å². The molecule has 0 aliphatic carbocycles. The van der Waals surface area contributed by atoms with Gasteiger partial charge in [-0.1, -0.05) is 42.4 Å². The lowest BCUT2D eigenvalue weighted by Crippen LogP contribution is -2.28. The number of amides is 1. The molecule has 0 aliphatic heterocycles. The van der Waals surface area contributed by atoms with Crippen molar-refractivity contribution in [2.45, 2.75) is 45.4 Å². The Hall–Kier alpha value is -2.02. The number of rotatable bonds is 7. The highest BCUT2D eigenvalue weighted by atomic mass is 32.2. The van der Waals surface area contributed by atoms with Crippen molar-refractivity contribution >= 4 is 17.7 Å². The summed E-state index contributed by atoms with van der Waals surface area (Å²) in [4.78, 5) is 25.7. The van der Waals surface area contributed by atoms with Gasteiger partial charge in [-0.25, -0.2) is 9.89 Å². The first-order valence-electron chi connectivity index (χ1n) is 8.00. The number of hydrogen-bond acceptors (Lipinski definition) is 4. The van der Waals surface area contributed by atoms with Crippen LogP contribution in [0.1, 0.15) is 30.0 Å². The monoisotopic (exact) mass is 348 g/mol. The fourth-order valence-electron chi connectivity index (χ4n) is 2.44. The van der Waals surface area contributed by atoms with Crippen LogP contribution in [0.4, 0.5) is 0 Å². The topological polar surface area (TPSA) is 71.0 Å². The highest BCUT2D eigenvalue weighted by Gasteiger charge is 2.14. The van der Waals surface area contributed by atoms with E-state index in [-0.39, 0.29) is 17.3 Å². The number of aryl methyl sites for hydroxylation is 2. The normalized spacial score (nSPS) is 10.8. The van der Waals surface area contributed by atoms with Gasteiger partial charge in [0.2, 0.25) is 5.91 Å². The molecular formula is C17H24N4O2S. The summed E-state index contributed by atoms with van der Waals surface area (Å²) in [7, 11) is 1.80. The molecule has 1 aromatic heterocycles. The Morgan fingerprint density at radius 3 is 2.79 bits per heavy atom. The minimum atomic E-state index is -0.226. The van der Waals surface area contributed by atoms with E-state index in [0.29, 0.717) is 18.2 Å². The predicted octanol–water partition coefficient (Wildman–Crippen LogP) is 2.35. The first-order chi connectivity index (χ1) is 11.4. The zero-order valence-electron chi connectivity index (χ0n) is 14.6. The molecule has 0 radical (unpaired) electrons. The van der Waals surface area contributed by atoms with Crippen molar-refractivity contribution in [2.24, 2.45) is 0 Å². The van der Waals surface area contributed by atoms with Crippen LogP contribution in [0.2, 0.25) is 0 Å². The SMILES string of the molecule is CCCn1c(SCC(=O)N(C)Cc2ccc(C)cc2C)n[nH]c1=O. The number of aromatic nitrogens is 3. The Kier molecular flexibility index (Phi) is 6.25. The van der Waals surface area contributed by atoms with Crippen molar-refractivity contribution in [2.75, 3.05) is 12.8 Å². The third-order valence-corrected chi connectivity index (χ3v) is 4.79. The second-order valence-electron chi connectivity index (χ2n) is 5.93. The molecule has 1 heterocycles. The fourth-order valence-corrected chi connectivity index (χ4v) is 3.35. The van der Waals surface area contributed by atoms with Gasteiger partial charge < -0.3 is 4.90 Å². The van der Waals surface area contributed by atoms with E-state index in [1.807, 2.05) is 6.92 Å². The Morgan fingerprint density at radius 2 is 2.12 bits per heavy atom. The van der Waals surface area contributed by atoms with Crippen LogP contribution in [-0.2, 0) is 17.9 Å². The molecule has 0 saturated heterocycles. The van der Waals surface area contributed by atoms with Crippen LogP contribution in [0.3, 0.4) is 0 Å². The van der Waals surface area contributed by atoms with Gasteiger partial charge in [-0.15, -0.1) is 5.10 Å². The lowest BCUT2D eigenvalue weighted by Gasteiger charge is -2.18. The summed E-state index contributed by atoms with van der Waals surface area (Å²) in [5.41, 5.74) is 3.32. The first kappa shape index (κ1) is 18.3. The second-order valence-corrected chi connectivity index (χ2v) is 6.87. The van der Waals surface area contributed by atoms with Gasteiger partial charge in [0.1, 0.15) is 0 Å². The quantitative estimate of drug-likeness (QED) is 0.780. The summed E-state index contributed by atoms with van der Waals surface area (Å²) < 4.78 is 1.57. The third kappa shape index (κ3) is 4.50. The van der Waals surface area contributed by atoms with Crippen molar-refractivity contribution in [1.29, 1.82) is 0 Å². The molecular weight excluding hydrogens is 324 g/mol. The average Bonchev–Trinajstić information content (AvgIpc) is 2.88. The number of hydrogen-bond donors (Lipinski definition) is 1. The van der Waals surface area contributed by atoms with Crippen molar-refractivity contribution in [3.8, 4) is 0 Å². The van der Waals surface area contributed by atoms with E-state index in [2.05, 4.69) is 42.2 Å². The zero-order chi connectivity index (χ0) is 17.7. The van der Waals surface area contributed by atoms with Gasteiger partial charge in [0, 0.05) is 20.1 Å². The largest absolute Gasteiger partial charge is 0.343 e. The molecule has 130 valence electrons. The zero-order valence-corrected chi connectivity index (χ0v) is 15.4. The lowest BCUT2D eigenvalue weighted by atomic mass is 10.1. The van der Waals surface area contributed by atoms with Crippen LogP contribution < -0.4 is 5.69 Å². The van der Waals surface area contributed by atoms with Crippen LogP contribution in [0, 0.1) is 13.8 Å². The van der Waals surface area contributed by atoms with Crippen molar-refractivity contribution in [1.82, 2.24) is 19.7 Å². The van der Waals surface area contributed by atoms with Gasteiger partial charge in [0.05, 0.1) is 5.75 Å². The molecule has 0 atom stereocenters. The van der Waals surface area contributed by atoms with Gasteiger partial charge in [-0.2, -0.15) is 0 Å². The van der Waals surface area contributed by atoms with Gasteiger partial charge >= 0.3 is 5.69 Å². The standard InChI is InChI=1S/C17H24N4O2S/c1-5-8-21-16(23)18-19-17(21)24-11-15(22)20(4)10-14-7-6-12(2)9-13(14)3/h6-7,9H,5,8,10-11H2,1-4H3,(H,18,23). The Labute approximate surface area is 146 Å². The Morgan fingerprint density at radius 1 is 1.38 bits per heavy atom. The molecule has 0 fully saturated rings. The summed E-state index contributed by atoms with van der Waals surface area (Å²) in [6, 6.07) is 6.24. The number of thioether (sulfide) groups is 1. The smallest absolute Gasteiger partial charge is 0.341 e. The summed E-state index contributed by atoms with van der Waals surface area (Å²) >= 11 is 1.29. The number of carbonyl (C=O) groups is 1. The molecule has 0 unspecified atom stereocenters. The summed E-state index contributed by atoms with van der Waals surface area (Å²) in [5, 5.41) is 7.00. The molecule has 2 rings (SSSR count). The maximum Gasteiger partial charge on any atom is 0.343 e. The highest BCUT2D eigenvalue weighted by molar-refractivity contribution is 7.99. The van der Waals surface area contributed by atoms with E-state index in [1.165, 1.54) is 22.9 Å². The van der Waals surface area contributed by atoms with E-state index in [9.17, 15) is 9.59 Å². The number of benzene rings is 1. The Bertz CT molecular complexity index is 766. The van der Waals surface area contributed by atoms with E-state index < -0.39 is 0 Å². The van der Waals surface area contributed by atoms with E-state index in [0.717, 1.165) is 12.0 Å².